The first-order chi connectivity index (χ1) is 14.6. The normalized spacial score (nSPS) is 20.0. The number of nitrogens with zero attached hydrogens (tertiary/aromatic N) is 2. The zero-order chi connectivity index (χ0) is 21.0. The highest BCUT2D eigenvalue weighted by atomic mass is 35.5. The van der Waals surface area contributed by atoms with Crippen LogP contribution in [0.1, 0.15) is 36.0 Å². The lowest BCUT2D eigenvalue weighted by Crippen LogP contribution is -2.50. The number of ether oxygens (including phenoxy) is 1. The van der Waals surface area contributed by atoms with Crippen molar-refractivity contribution >= 4 is 17.5 Å². The Morgan fingerprint density at radius 1 is 1.03 bits per heavy atom. The molecule has 160 valence electrons. The van der Waals surface area contributed by atoms with Gasteiger partial charge in [-0.1, -0.05) is 48.0 Å². The molecular weight excluding hydrogens is 396 g/mol. The van der Waals surface area contributed by atoms with E-state index in [9.17, 15) is 4.79 Å². The van der Waals surface area contributed by atoms with Crippen LogP contribution in [0.3, 0.4) is 0 Å². The Balaban J connectivity index is 1.49. The molecule has 0 spiro atoms. The molecule has 2 aromatic rings. The van der Waals surface area contributed by atoms with E-state index in [4.69, 9.17) is 16.3 Å². The number of hydrogen-bond donors (Lipinski definition) is 0. The van der Waals surface area contributed by atoms with Gasteiger partial charge >= 0.3 is 0 Å². The van der Waals surface area contributed by atoms with Crippen LogP contribution in [-0.4, -0.2) is 55.1 Å². The summed E-state index contributed by atoms with van der Waals surface area (Å²) in [5, 5.41) is 0.687. The molecule has 1 amide bonds. The number of carbonyl (C=O) groups is 1. The van der Waals surface area contributed by atoms with Crippen molar-refractivity contribution in [1.82, 2.24) is 9.80 Å². The van der Waals surface area contributed by atoms with Gasteiger partial charge in [0, 0.05) is 51.0 Å². The number of halogens is 1. The smallest absolute Gasteiger partial charge is 0.233 e. The number of amides is 1. The third kappa shape index (κ3) is 4.56. The SMILES string of the molecule is Cc1ccccc1CN1CCCN(C(=O)C2(c3cccc(Cl)c3)CCOCC2)CC1. The standard InChI is InChI=1S/C25H31ClN2O2/c1-20-6-2-3-7-21(20)19-27-12-5-13-28(15-14-27)24(29)25(10-16-30-17-11-25)22-8-4-9-23(26)18-22/h2-4,6-9,18H,5,10-17,19H2,1H3. The second kappa shape index (κ2) is 9.51. The van der Waals surface area contributed by atoms with Crippen LogP contribution >= 0.6 is 11.6 Å². The summed E-state index contributed by atoms with van der Waals surface area (Å²) in [6, 6.07) is 16.4. The lowest BCUT2D eigenvalue weighted by atomic mass is 9.73. The Kier molecular flexibility index (Phi) is 6.77. The van der Waals surface area contributed by atoms with E-state index in [0.29, 0.717) is 18.2 Å². The van der Waals surface area contributed by atoms with E-state index in [2.05, 4.69) is 47.1 Å². The first-order valence-electron chi connectivity index (χ1n) is 11.0. The molecule has 0 aliphatic carbocycles. The molecule has 2 heterocycles. The van der Waals surface area contributed by atoms with Gasteiger partial charge in [0.2, 0.25) is 5.91 Å². The Hall–Kier alpha value is -1.88. The van der Waals surface area contributed by atoms with Gasteiger partial charge in [-0.3, -0.25) is 9.69 Å². The van der Waals surface area contributed by atoms with Gasteiger partial charge in [-0.25, -0.2) is 0 Å². The molecule has 0 atom stereocenters. The average molecular weight is 427 g/mol. The van der Waals surface area contributed by atoms with Crippen LogP contribution in [0.25, 0.3) is 0 Å². The van der Waals surface area contributed by atoms with Gasteiger partial charge in [0.1, 0.15) is 0 Å². The molecule has 2 aromatic carbocycles. The summed E-state index contributed by atoms with van der Waals surface area (Å²) in [5.41, 5.74) is 3.21. The molecule has 4 rings (SSSR count). The summed E-state index contributed by atoms with van der Waals surface area (Å²) in [7, 11) is 0. The second-order valence-electron chi connectivity index (χ2n) is 8.55. The van der Waals surface area contributed by atoms with Gasteiger partial charge in [0.25, 0.3) is 0 Å². The molecule has 4 nitrogen and oxygen atoms in total. The molecule has 2 aliphatic rings. The van der Waals surface area contributed by atoms with Gasteiger partial charge in [-0.15, -0.1) is 0 Å². The maximum atomic E-state index is 13.9. The van der Waals surface area contributed by atoms with E-state index in [-0.39, 0.29) is 5.91 Å². The quantitative estimate of drug-likeness (QED) is 0.724. The minimum absolute atomic E-state index is 0.241. The molecular formula is C25H31ClN2O2. The van der Waals surface area contributed by atoms with Crippen molar-refractivity contribution in [3.05, 3.63) is 70.2 Å². The monoisotopic (exact) mass is 426 g/mol. The molecule has 0 radical (unpaired) electrons. The van der Waals surface area contributed by atoms with Crippen LogP contribution in [0.15, 0.2) is 48.5 Å². The topological polar surface area (TPSA) is 32.8 Å². The maximum absolute atomic E-state index is 13.9. The summed E-state index contributed by atoms with van der Waals surface area (Å²) in [4.78, 5) is 18.4. The third-order valence-electron chi connectivity index (χ3n) is 6.66. The van der Waals surface area contributed by atoms with Crippen molar-refractivity contribution < 1.29 is 9.53 Å². The molecule has 2 saturated heterocycles. The van der Waals surface area contributed by atoms with Crippen molar-refractivity contribution in [3.8, 4) is 0 Å². The second-order valence-corrected chi connectivity index (χ2v) is 8.99. The number of aryl methyl sites for hydroxylation is 1. The highest BCUT2D eigenvalue weighted by Gasteiger charge is 2.44. The number of rotatable bonds is 4. The van der Waals surface area contributed by atoms with E-state index in [0.717, 1.165) is 57.5 Å². The molecule has 0 saturated carbocycles. The Labute approximate surface area is 184 Å². The molecule has 30 heavy (non-hydrogen) atoms. The van der Waals surface area contributed by atoms with E-state index >= 15 is 0 Å². The number of carbonyl (C=O) groups excluding carboxylic acids is 1. The Bertz CT molecular complexity index is 879. The van der Waals surface area contributed by atoms with Crippen LogP contribution in [0.4, 0.5) is 0 Å². The molecule has 5 heteroatoms. The summed E-state index contributed by atoms with van der Waals surface area (Å²) in [5.74, 6) is 0.241. The largest absolute Gasteiger partial charge is 0.381 e. The van der Waals surface area contributed by atoms with Gasteiger partial charge in [0.05, 0.1) is 5.41 Å². The van der Waals surface area contributed by atoms with E-state index in [1.807, 2.05) is 18.2 Å². The van der Waals surface area contributed by atoms with E-state index in [1.165, 1.54) is 11.1 Å². The molecule has 0 N–H and O–H groups in total. The fraction of sp³-hybridized carbons (Fsp3) is 0.480. The molecule has 2 aliphatic heterocycles. The first kappa shape index (κ1) is 21.4. The van der Waals surface area contributed by atoms with Crippen molar-refractivity contribution in [3.63, 3.8) is 0 Å². The van der Waals surface area contributed by atoms with Gasteiger partial charge < -0.3 is 9.64 Å². The van der Waals surface area contributed by atoms with Gasteiger partial charge in [0.15, 0.2) is 0 Å². The predicted molar refractivity (Wildman–Crippen MR) is 121 cm³/mol. The minimum atomic E-state index is -0.520. The third-order valence-corrected chi connectivity index (χ3v) is 6.90. The number of hydrogen-bond acceptors (Lipinski definition) is 3. The Morgan fingerprint density at radius 2 is 1.83 bits per heavy atom. The van der Waals surface area contributed by atoms with E-state index in [1.54, 1.807) is 0 Å². The molecule has 2 fully saturated rings. The van der Waals surface area contributed by atoms with Crippen LogP contribution in [0, 0.1) is 6.92 Å². The van der Waals surface area contributed by atoms with Crippen LogP contribution in [0.2, 0.25) is 5.02 Å². The first-order valence-corrected chi connectivity index (χ1v) is 11.4. The van der Waals surface area contributed by atoms with Crippen LogP contribution in [0.5, 0.6) is 0 Å². The van der Waals surface area contributed by atoms with Crippen LogP contribution in [-0.2, 0) is 21.5 Å². The fourth-order valence-corrected chi connectivity index (χ4v) is 4.99. The van der Waals surface area contributed by atoms with Crippen molar-refractivity contribution in [2.24, 2.45) is 0 Å². The lowest BCUT2D eigenvalue weighted by Gasteiger charge is -2.40. The highest BCUT2D eigenvalue weighted by molar-refractivity contribution is 6.30. The summed E-state index contributed by atoms with van der Waals surface area (Å²) in [6.07, 6.45) is 2.44. The minimum Gasteiger partial charge on any atom is -0.381 e. The van der Waals surface area contributed by atoms with Crippen molar-refractivity contribution in [1.29, 1.82) is 0 Å². The van der Waals surface area contributed by atoms with Crippen molar-refractivity contribution in [2.45, 2.75) is 38.1 Å². The molecule has 0 bridgehead atoms. The average Bonchev–Trinajstić information content (AvgIpc) is 3.01. The van der Waals surface area contributed by atoms with Gasteiger partial charge in [-0.05, 0) is 55.0 Å². The zero-order valence-electron chi connectivity index (χ0n) is 17.8. The zero-order valence-corrected chi connectivity index (χ0v) is 18.5. The van der Waals surface area contributed by atoms with Crippen molar-refractivity contribution in [2.75, 3.05) is 39.4 Å². The lowest BCUT2D eigenvalue weighted by molar-refractivity contribution is -0.141. The highest BCUT2D eigenvalue weighted by Crippen LogP contribution is 2.38. The summed E-state index contributed by atoms with van der Waals surface area (Å²) >= 11 is 6.29. The van der Waals surface area contributed by atoms with Crippen LogP contribution < -0.4 is 0 Å². The fourth-order valence-electron chi connectivity index (χ4n) is 4.80. The Morgan fingerprint density at radius 3 is 2.60 bits per heavy atom. The summed E-state index contributed by atoms with van der Waals surface area (Å²) < 4.78 is 5.62. The molecule has 0 unspecified atom stereocenters. The van der Waals surface area contributed by atoms with E-state index < -0.39 is 5.41 Å². The van der Waals surface area contributed by atoms with Gasteiger partial charge in [-0.2, -0.15) is 0 Å². The number of benzene rings is 2. The predicted octanol–water partition coefficient (Wildman–Crippen LogP) is 4.43. The maximum Gasteiger partial charge on any atom is 0.233 e. The summed E-state index contributed by atoms with van der Waals surface area (Å²) in [6.45, 7) is 7.86. The molecule has 0 aromatic heterocycles.